The van der Waals surface area contributed by atoms with Crippen molar-refractivity contribution in [2.24, 2.45) is 0 Å². The van der Waals surface area contributed by atoms with Crippen molar-refractivity contribution in [2.45, 2.75) is 19.9 Å². The molecule has 0 bridgehead atoms. The van der Waals surface area contributed by atoms with Crippen LogP contribution in [0.1, 0.15) is 12.2 Å². The Morgan fingerprint density at radius 1 is 1.53 bits per heavy atom. The third-order valence-electron chi connectivity index (χ3n) is 2.00. The van der Waals surface area contributed by atoms with Crippen LogP contribution in [0.15, 0.2) is 6.20 Å². The Bertz CT molecular complexity index is 539. The smallest absolute Gasteiger partial charge is 0.163 e. The number of halogens is 1. The highest BCUT2D eigenvalue weighted by atomic mass is 35.5. The van der Waals surface area contributed by atoms with E-state index in [1.54, 1.807) is 17.8 Å². The second kappa shape index (κ2) is 3.83. The van der Waals surface area contributed by atoms with Crippen LogP contribution in [0.2, 0.25) is 5.15 Å². The van der Waals surface area contributed by atoms with Gasteiger partial charge in [0.15, 0.2) is 5.65 Å². The maximum Gasteiger partial charge on any atom is 0.163 e. The fourth-order valence-electron chi connectivity index (χ4n) is 1.34. The van der Waals surface area contributed by atoms with Crippen LogP contribution in [0.4, 0.5) is 0 Å². The van der Waals surface area contributed by atoms with Crippen molar-refractivity contribution in [1.82, 2.24) is 19.7 Å². The van der Waals surface area contributed by atoms with Gasteiger partial charge < -0.3 is 0 Å². The van der Waals surface area contributed by atoms with Crippen LogP contribution < -0.4 is 0 Å². The Morgan fingerprint density at radius 2 is 2.33 bits per heavy atom. The fourth-order valence-corrected chi connectivity index (χ4v) is 1.60. The van der Waals surface area contributed by atoms with Gasteiger partial charge in [-0.05, 0) is 6.92 Å². The van der Waals surface area contributed by atoms with Crippen LogP contribution in [0.3, 0.4) is 0 Å². The molecule has 2 heterocycles. The lowest BCUT2D eigenvalue weighted by Gasteiger charge is -2.00. The highest BCUT2D eigenvalue weighted by molar-refractivity contribution is 6.33. The predicted octanol–water partition coefficient (Wildman–Crippen LogP) is 1.70. The third-order valence-corrected chi connectivity index (χ3v) is 2.29. The zero-order valence-corrected chi connectivity index (χ0v) is 8.86. The molecule has 0 saturated carbocycles. The molecule has 0 spiro atoms. The number of nitrogens with zero attached hydrogens (tertiary/aromatic N) is 5. The molecule has 0 N–H and O–H groups in total. The molecule has 0 aliphatic rings. The minimum absolute atomic E-state index is 0.400. The highest BCUT2D eigenvalue weighted by Crippen LogP contribution is 2.19. The predicted molar refractivity (Wildman–Crippen MR) is 55.3 cm³/mol. The minimum atomic E-state index is 0.400. The molecule has 0 amide bonds. The molecule has 0 fully saturated rings. The average Bonchev–Trinajstić information content (AvgIpc) is 2.58. The van der Waals surface area contributed by atoms with Gasteiger partial charge in [0, 0.05) is 0 Å². The molecule has 0 saturated heterocycles. The van der Waals surface area contributed by atoms with Crippen LogP contribution in [-0.4, -0.2) is 19.7 Å². The Kier molecular flexibility index (Phi) is 2.52. The van der Waals surface area contributed by atoms with Gasteiger partial charge in [-0.1, -0.05) is 11.6 Å². The highest BCUT2D eigenvalue weighted by Gasteiger charge is 2.09. The van der Waals surface area contributed by atoms with E-state index in [-0.39, 0.29) is 0 Å². The molecule has 2 rings (SSSR count). The van der Waals surface area contributed by atoms with Crippen molar-refractivity contribution in [3.63, 3.8) is 0 Å². The first kappa shape index (κ1) is 9.87. The van der Waals surface area contributed by atoms with Gasteiger partial charge >= 0.3 is 0 Å². The van der Waals surface area contributed by atoms with E-state index in [1.165, 1.54) is 0 Å². The van der Waals surface area contributed by atoms with Gasteiger partial charge in [0.05, 0.1) is 30.6 Å². The molecular weight excluding hydrogens is 214 g/mol. The maximum absolute atomic E-state index is 8.50. The second-order valence-electron chi connectivity index (χ2n) is 3.07. The van der Waals surface area contributed by atoms with Gasteiger partial charge in [-0.2, -0.15) is 10.4 Å². The molecule has 0 aliphatic carbocycles. The van der Waals surface area contributed by atoms with Crippen LogP contribution in [0.25, 0.3) is 11.0 Å². The molecule has 2 aromatic heterocycles. The SMILES string of the molecule is Cc1nc(Cl)c2cnn(CCC#N)c2n1. The summed E-state index contributed by atoms with van der Waals surface area (Å²) in [6.07, 6.45) is 2.02. The molecule has 0 aromatic carbocycles. The minimum Gasteiger partial charge on any atom is -0.246 e. The lowest BCUT2D eigenvalue weighted by Crippen LogP contribution is -2.01. The lowest BCUT2D eigenvalue weighted by atomic mass is 10.4. The number of hydrogen-bond donors (Lipinski definition) is 0. The van der Waals surface area contributed by atoms with E-state index in [9.17, 15) is 0 Å². The van der Waals surface area contributed by atoms with Gasteiger partial charge in [0.25, 0.3) is 0 Å². The molecule has 76 valence electrons. The molecule has 0 unspecified atom stereocenters. The van der Waals surface area contributed by atoms with E-state index >= 15 is 0 Å². The molecule has 5 nitrogen and oxygen atoms in total. The average molecular weight is 222 g/mol. The van der Waals surface area contributed by atoms with E-state index in [1.807, 2.05) is 0 Å². The Labute approximate surface area is 91.3 Å². The van der Waals surface area contributed by atoms with Crippen molar-refractivity contribution in [3.8, 4) is 6.07 Å². The van der Waals surface area contributed by atoms with Gasteiger partial charge in [-0.3, -0.25) is 0 Å². The van der Waals surface area contributed by atoms with E-state index in [2.05, 4.69) is 21.1 Å². The lowest BCUT2D eigenvalue weighted by molar-refractivity contribution is 0.642. The summed E-state index contributed by atoms with van der Waals surface area (Å²) in [6.45, 7) is 2.29. The molecular formula is C9H8ClN5. The zero-order valence-electron chi connectivity index (χ0n) is 8.11. The summed E-state index contributed by atoms with van der Waals surface area (Å²) in [6, 6.07) is 2.06. The van der Waals surface area contributed by atoms with E-state index in [0.717, 1.165) is 5.39 Å². The van der Waals surface area contributed by atoms with Gasteiger partial charge in [0.1, 0.15) is 11.0 Å². The quantitative estimate of drug-likeness (QED) is 0.724. The van der Waals surface area contributed by atoms with Crippen molar-refractivity contribution < 1.29 is 0 Å². The molecule has 2 aromatic rings. The summed E-state index contributed by atoms with van der Waals surface area (Å²) in [7, 11) is 0. The zero-order chi connectivity index (χ0) is 10.8. The molecule has 0 radical (unpaired) electrons. The summed E-state index contributed by atoms with van der Waals surface area (Å²) < 4.78 is 1.67. The van der Waals surface area contributed by atoms with Crippen molar-refractivity contribution >= 4 is 22.6 Å². The summed E-state index contributed by atoms with van der Waals surface area (Å²) in [5, 5.41) is 13.7. The molecule has 0 aliphatic heterocycles. The number of nitriles is 1. The van der Waals surface area contributed by atoms with Gasteiger partial charge in [-0.25, -0.2) is 14.6 Å². The van der Waals surface area contributed by atoms with Crippen molar-refractivity contribution in [1.29, 1.82) is 5.26 Å². The number of rotatable bonds is 2. The maximum atomic E-state index is 8.50. The second-order valence-corrected chi connectivity index (χ2v) is 3.43. The summed E-state index contributed by atoms with van der Waals surface area (Å²) in [4.78, 5) is 8.28. The molecule has 6 heteroatoms. The fraction of sp³-hybridized carbons (Fsp3) is 0.333. The Morgan fingerprint density at radius 3 is 3.07 bits per heavy atom. The molecule has 0 atom stereocenters. The molecule has 15 heavy (non-hydrogen) atoms. The third kappa shape index (κ3) is 1.76. The van der Waals surface area contributed by atoms with Gasteiger partial charge in [-0.15, -0.1) is 0 Å². The standard InChI is InChI=1S/C9H8ClN5/c1-6-13-8(10)7-5-12-15(4-2-3-11)9(7)14-6/h5H,2,4H2,1H3. The number of aromatic nitrogens is 4. The summed E-state index contributed by atoms with van der Waals surface area (Å²) in [5.41, 5.74) is 0.683. The Hall–Kier alpha value is -1.67. The van der Waals surface area contributed by atoms with Crippen LogP contribution in [-0.2, 0) is 6.54 Å². The van der Waals surface area contributed by atoms with E-state index in [4.69, 9.17) is 16.9 Å². The van der Waals surface area contributed by atoms with Crippen LogP contribution >= 0.6 is 11.6 Å². The summed E-state index contributed by atoms with van der Waals surface area (Å²) >= 11 is 5.94. The first-order chi connectivity index (χ1) is 7.22. The normalized spacial score (nSPS) is 10.5. The number of aryl methyl sites for hydroxylation is 2. The number of fused-ring (bicyclic) bond motifs is 1. The monoisotopic (exact) mass is 221 g/mol. The van der Waals surface area contributed by atoms with E-state index in [0.29, 0.717) is 29.6 Å². The topological polar surface area (TPSA) is 67.4 Å². The van der Waals surface area contributed by atoms with E-state index < -0.39 is 0 Å². The van der Waals surface area contributed by atoms with Crippen molar-refractivity contribution in [2.75, 3.05) is 0 Å². The first-order valence-electron chi connectivity index (χ1n) is 4.45. The van der Waals surface area contributed by atoms with Crippen LogP contribution in [0, 0.1) is 18.3 Å². The first-order valence-corrected chi connectivity index (χ1v) is 4.83. The Balaban J connectivity index is 2.54. The largest absolute Gasteiger partial charge is 0.246 e. The number of hydrogen-bond acceptors (Lipinski definition) is 4. The van der Waals surface area contributed by atoms with Crippen molar-refractivity contribution in [3.05, 3.63) is 17.2 Å². The van der Waals surface area contributed by atoms with Crippen LogP contribution in [0.5, 0.6) is 0 Å². The summed E-state index contributed by atoms with van der Waals surface area (Å²) in [5.74, 6) is 0.603. The van der Waals surface area contributed by atoms with Gasteiger partial charge in [0.2, 0.25) is 0 Å².